The first-order valence-corrected chi connectivity index (χ1v) is 6.66. The van der Waals surface area contributed by atoms with E-state index in [0.29, 0.717) is 5.92 Å². The number of fused-ring (bicyclic) bond motifs is 3. The van der Waals surface area contributed by atoms with Gasteiger partial charge in [-0.05, 0) is 25.8 Å². The molecule has 0 aliphatic carbocycles. The van der Waals surface area contributed by atoms with Crippen molar-refractivity contribution >= 4 is 5.69 Å². The number of rotatable bonds is 1. The second-order valence-corrected chi connectivity index (χ2v) is 5.43. The van der Waals surface area contributed by atoms with Crippen molar-refractivity contribution in [3.8, 4) is 5.69 Å². The Kier molecular flexibility index (Phi) is 2.59. The monoisotopic (exact) mass is 257 g/mol. The molecule has 1 atom stereocenters. The van der Waals surface area contributed by atoms with E-state index in [4.69, 9.17) is 0 Å². The van der Waals surface area contributed by atoms with Gasteiger partial charge in [0.2, 0.25) is 0 Å². The van der Waals surface area contributed by atoms with E-state index in [1.165, 1.54) is 5.69 Å². The molecular weight excluding hydrogens is 238 g/mol. The molecule has 0 radical (unpaired) electrons. The van der Waals surface area contributed by atoms with Crippen molar-refractivity contribution in [1.82, 2.24) is 19.7 Å². The molecule has 5 heteroatoms. The highest BCUT2D eigenvalue weighted by Crippen LogP contribution is 2.39. The Balaban J connectivity index is 2.32. The SMILES string of the molecule is Cc1nc2n(n1)-c1ccnc(C(C)C)c1N(C)[C@H]2C. The fourth-order valence-corrected chi connectivity index (χ4v) is 2.66. The molecule has 3 rings (SSSR count). The van der Waals surface area contributed by atoms with E-state index in [-0.39, 0.29) is 6.04 Å². The van der Waals surface area contributed by atoms with Gasteiger partial charge >= 0.3 is 0 Å². The van der Waals surface area contributed by atoms with Crippen LogP contribution in [0.25, 0.3) is 5.69 Å². The normalized spacial score (nSPS) is 17.6. The van der Waals surface area contributed by atoms with Gasteiger partial charge in [-0.15, -0.1) is 0 Å². The van der Waals surface area contributed by atoms with Crippen molar-refractivity contribution in [2.24, 2.45) is 0 Å². The van der Waals surface area contributed by atoms with Crippen LogP contribution in [0.1, 0.15) is 50.1 Å². The smallest absolute Gasteiger partial charge is 0.154 e. The molecule has 0 fully saturated rings. The Labute approximate surface area is 113 Å². The first kappa shape index (κ1) is 12.1. The second-order valence-electron chi connectivity index (χ2n) is 5.43. The fourth-order valence-electron chi connectivity index (χ4n) is 2.66. The number of hydrogen-bond donors (Lipinski definition) is 0. The lowest BCUT2D eigenvalue weighted by Crippen LogP contribution is -2.31. The van der Waals surface area contributed by atoms with Gasteiger partial charge in [0.05, 0.1) is 23.1 Å². The number of pyridine rings is 1. The van der Waals surface area contributed by atoms with Crippen molar-refractivity contribution in [3.05, 3.63) is 29.6 Å². The summed E-state index contributed by atoms with van der Waals surface area (Å²) < 4.78 is 1.96. The van der Waals surface area contributed by atoms with Crippen LogP contribution >= 0.6 is 0 Å². The van der Waals surface area contributed by atoms with Crippen LogP contribution < -0.4 is 4.90 Å². The highest BCUT2D eigenvalue weighted by molar-refractivity contribution is 5.68. The first-order chi connectivity index (χ1) is 9.00. The summed E-state index contributed by atoms with van der Waals surface area (Å²) in [5.41, 5.74) is 3.36. The molecule has 0 saturated carbocycles. The Hall–Kier alpha value is -1.91. The topological polar surface area (TPSA) is 46.8 Å². The number of anilines is 1. The number of nitrogens with zero attached hydrogens (tertiary/aromatic N) is 5. The molecule has 1 aliphatic heterocycles. The van der Waals surface area contributed by atoms with E-state index >= 15 is 0 Å². The zero-order valence-electron chi connectivity index (χ0n) is 12.0. The van der Waals surface area contributed by atoms with Crippen molar-refractivity contribution in [2.45, 2.75) is 39.7 Å². The third-order valence-corrected chi connectivity index (χ3v) is 3.75. The molecule has 2 aromatic rings. The first-order valence-electron chi connectivity index (χ1n) is 6.66. The van der Waals surface area contributed by atoms with Crippen LogP contribution in [0.4, 0.5) is 5.69 Å². The van der Waals surface area contributed by atoms with Crippen LogP contribution in [-0.2, 0) is 0 Å². The maximum absolute atomic E-state index is 4.55. The summed E-state index contributed by atoms with van der Waals surface area (Å²) in [5.74, 6) is 2.19. The standard InChI is InChI=1S/C14H19N5/c1-8(2)12-13-11(6-7-15-12)19-14(9(3)18(13)5)16-10(4)17-19/h6-9H,1-5H3/t9-/m0/s1. The van der Waals surface area contributed by atoms with Crippen LogP contribution in [0, 0.1) is 6.92 Å². The van der Waals surface area contributed by atoms with E-state index in [1.54, 1.807) is 0 Å². The minimum atomic E-state index is 0.204. The highest BCUT2D eigenvalue weighted by Gasteiger charge is 2.31. The van der Waals surface area contributed by atoms with Crippen LogP contribution in [0.3, 0.4) is 0 Å². The van der Waals surface area contributed by atoms with Gasteiger partial charge in [-0.3, -0.25) is 4.98 Å². The largest absolute Gasteiger partial charge is 0.361 e. The van der Waals surface area contributed by atoms with Crippen molar-refractivity contribution in [1.29, 1.82) is 0 Å². The lowest BCUT2D eigenvalue weighted by Gasteiger charge is -2.34. The van der Waals surface area contributed by atoms with Gasteiger partial charge in [-0.2, -0.15) is 5.10 Å². The third kappa shape index (κ3) is 1.64. The maximum atomic E-state index is 4.55. The minimum Gasteiger partial charge on any atom is -0.361 e. The number of aryl methyl sites for hydroxylation is 1. The minimum absolute atomic E-state index is 0.204. The molecule has 0 N–H and O–H groups in total. The van der Waals surface area contributed by atoms with Crippen LogP contribution in [0.15, 0.2) is 12.3 Å². The van der Waals surface area contributed by atoms with Crippen molar-refractivity contribution in [3.63, 3.8) is 0 Å². The van der Waals surface area contributed by atoms with Gasteiger partial charge < -0.3 is 4.90 Å². The summed E-state index contributed by atoms with van der Waals surface area (Å²) in [7, 11) is 2.10. The Bertz CT molecular complexity index is 629. The van der Waals surface area contributed by atoms with E-state index in [0.717, 1.165) is 23.0 Å². The molecule has 3 heterocycles. The van der Waals surface area contributed by atoms with Crippen molar-refractivity contribution in [2.75, 3.05) is 11.9 Å². The molecule has 0 aromatic carbocycles. The lowest BCUT2D eigenvalue weighted by molar-refractivity contribution is 0.613. The summed E-state index contributed by atoms with van der Waals surface area (Å²) in [4.78, 5) is 11.3. The Morgan fingerprint density at radius 1 is 1.32 bits per heavy atom. The van der Waals surface area contributed by atoms with E-state index < -0.39 is 0 Å². The third-order valence-electron chi connectivity index (χ3n) is 3.75. The summed E-state index contributed by atoms with van der Waals surface area (Å²) in [6.45, 7) is 8.43. The Morgan fingerprint density at radius 3 is 2.74 bits per heavy atom. The van der Waals surface area contributed by atoms with Gasteiger partial charge in [0, 0.05) is 13.2 Å². The second kappa shape index (κ2) is 4.05. The molecular formula is C14H19N5. The molecule has 19 heavy (non-hydrogen) atoms. The van der Waals surface area contributed by atoms with Gasteiger partial charge in [0.1, 0.15) is 5.82 Å². The zero-order chi connectivity index (χ0) is 13.7. The predicted molar refractivity (Wildman–Crippen MR) is 74.8 cm³/mol. The van der Waals surface area contributed by atoms with Gasteiger partial charge in [0.15, 0.2) is 5.82 Å². The summed E-state index contributed by atoms with van der Waals surface area (Å²) in [5, 5.41) is 4.53. The molecule has 1 aliphatic rings. The van der Waals surface area contributed by atoms with E-state index in [1.807, 2.05) is 23.9 Å². The average Bonchev–Trinajstić information content (AvgIpc) is 2.77. The van der Waals surface area contributed by atoms with Gasteiger partial charge in [-0.25, -0.2) is 9.67 Å². The number of aromatic nitrogens is 4. The lowest BCUT2D eigenvalue weighted by atomic mass is 10.0. The number of hydrogen-bond acceptors (Lipinski definition) is 4. The summed E-state index contributed by atoms with van der Waals surface area (Å²) in [6, 6.07) is 2.22. The molecule has 100 valence electrons. The molecule has 2 aromatic heterocycles. The maximum Gasteiger partial charge on any atom is 0.154 e. The zero-order valence-corrected chi connectivity index (χ0v) is 12.0. The molecule has 5 nitrogen and oxygen atoms in total. The van der Waals surface area contributed by atoms with Crippen LogP contribution in [-0.4, -0.2) is 26.8 Å². The summed E-state index contributed by atoms with van der Waals surface area (Å²) in [6.07, 6.45) is 1.86. The molecule has 0 spiro atoms. The fraction of sp³-hybridized carbons (Fsp3) is 0.500. The van der Waals surface area contributed by atoms with E-state index in [9.17, 15) is 0 Å². The quantitative estimate of drug-likeness (QED) is 0.788. The Morgan fingerprint density at radius 2 is 2.05 bits per heavy atom. The summed E-state index contributed by atoms with van der Waals surface area (Å²) >= 11 is 0. The highest BCUT2D eigenvalue weighted by atomic mass is 15.4. The molecule has 0 saturated heterocycles. The van der Waals surface area contributed by atoms with Gasteiger partial charge in [0.25, 0.3) is 0 Å². The van der Waals surface area contributed by atoms with Crippen LogP contribution in [0.5, 0.6) is 0 Å². The van der Waals surface area contributed by atoms with E-state index in [2.05, 4.69) is 47.8 Å². The van der Waals surface area contributed by atoms with Gasteiger partial charge in [-0.1, -0.05) is 13.8 Å². The molecule has 0 unspecified atom stereocenters. The molecule has 0 bridgehead atoms. The average molecular weight is 257 g/mol. The molecule has 0 amide bonds. The van der Waals surface area contributed by atoms with Crippen molar-refractivity contribution < 1.29 is 0 Å². The predicted octanol–water partition coefficient (Wildman–Crippen LogP) is 2.60. The van der Waals surface area contributed by atoms with Crippen LogP contribution in [0.2, 0.25) is 0 Å².